The monoisotopic (exact) mass is 303 g/mol. The Bertz CT molecular complexity index is 622. The van der Waals surface area contributed by atoms with E-state index in [4.69, 9.17) is 5.73 Å². The average molecular weight is 303 g/mol. The predicted octanol–water partition coefficient (Wildman–Crippen LogP) is 4.77. The van der Waals surface area contributed by atoms with Crippen LogP contribution in [0.2, 0.25) is 0 Å². The van der Waals surface area contributed by atoms with Crippen LogP contribution in [0, 0.1) is 0 Å². The lowest BCUT2D eigenvalue weighted by Gasteiger charge is -2.10. The van der Waals surface area contributed by atoms with Gasteiger partial charge in [-0.1, -0.05) is 12.1 Å². The topological polar surface area (TPSA) is 35.2 Å². The highest BCUT2D eigenvalue weighted by atomic mass is 19.4. The smallest absolute Gasteiger partial charge is 0.406 e. The fraction of sp³-hybridized carbons (Fsp3) is 0.143. The molecule has 112 valence electrons. The number of rotatable bonds is 3. The number of benzene rings is 2. The number of ether oxygens (including phenoxy) is 1. The Morgan fingerprint density at radius 2 is 1.52 bits per heavy atom. The van der Waals surface area contributed by atoms with Gasteiger partial charge in [-0.3, -0.25) is 0 Å². The second-order valence-corrected chi connectivity index (χ2v) is 4.26. The van der Waals surface area contributed by atoms with Crippen molar-refractivity contribution < 1.29 is 26.7 Å². The van der Waals surface area contributed by atoms with Crippen LogP contribution < -0.4 is 10.5 Å². The Hall–Kier alpha value is -2.31. The van der Waals surface area contributed by atoms with Crippen LogP contribution in [0.25, 0.3) is 11.1 Å². The molecule has 0 amide bonds. The van der Waals surface area contributed by atoms with Gasteiger partial charge in [-0.2, -0.15) is 0 Å². The standard InChI is InChI=1S/C14H10F5NO/c15-13(16)10-5-9(6-11(20)7-10)8-1-3-12(4-2-8)21-14(17,18)19/h1-7,13H,20H2. The molecule has 0 unspecified atom stereocenters. The maximum absolute atomic E-state index is 12.7. The highest BCUT2D eigenvalue weighted by molar-refractivity contribution is 5.69. The molecule has 0 fully saturated rings. The van der Waals surface area contributed by atoms with Crippen molar-refractivity contribution in [3.8, 4) is 16.9 Å². The van der Waals surface area contributed by atoms with Gasteiger partial charge in [-0.15, -0.1) is 13.2 Å². The van der Waals surface area contributed by atoms with E-state index in [9.17, 15) is 22.0 Å². The second-order valence-electron chi connectivity index (χ2n) is 4.26. The molecule has 0 radical (unpaired) electrons. The van der Waals surface area contributed by atoms with Crippen molar-refractivity contribution in [2.45, 2.75) is 12.8 Å². The van der Waals surface area contributed by atoms with Gasteiger partial charge in [0.05, 0.1) is 0 Å². The van der Waals surface area contributed by atoms with Gasteiger partial charge in [0, 0.05) is 11.3 Å². The first-order chi connectivity index (χ1) is 9.74. The highest BCUT2D eigenvalue weighted by Crippen LogP contribution is 2.30. The van der Waals surface area contributed by atoms with Gasteiger partial charge in [0.25, 0.3) is 6.43 Å². The lowest BCUT2D eigenvalue weighted by atomic mass is 10.0. The number of hydrogen-bond acceptors (Lipinski definition) is 2. The maximum Gasteiger partial charge on any atom is 0.573 e. The molecule has 2 aromatic carbocycles. The molecule has 7 heteroatoms. The molecule has 0 saturated carbocycles. The minimum atomic E-state index is -4.78. The van der Waals surface area contributed by atoms with Crippen LogP contribution in [0.15, 0.2) is 42.5 Å². The lowest BCUT2D eigenvalue weighted by molar-refractivity contribution is -0.274. The zero-order chi connectivity index (χ0) is 15.6. The zero-order valence-corrected chi connectivity index (χ0v) is 10.5. The summed E-state index contributed by atoms with van der Waals surface area (Å²) in [6.45, 7) is 0. The third kappa shape index (κ3) is 4.08. The van der Waals surface area contributed by atoms with Gasteiger partial charge < -0.3 is 10.5 Å². The summed E-state index contributed by atoms with van der Waals surface area (Å²) in [7, 11) is 0. The predicted molar refractivity (Wildman–Crippen MR) is 67.9 cm³/mol. The molecular weight excluding hydrogens is 293 g/mol. The summed E-state index contributed by atoms with van der Waals surface area (Å²) in [5.74, 6) is -0.385. The van der Waals surface area contributed by atoms with Crippen molar-refractivity contribution in [3.63, 3.8) is 0 Å². The summed E-state index contributed by atoms with van der Waals surface area (Å²) in [6, 6.07) is 8.74. The van der Waals surface area contributed by atoms with E-state index in [1.54, 1.807) is 0 Å². The molecule has 0 atom stereocenters. The van der Waals surface area contributed by atoms with Gasteiger partial charge in [0.15, 0.2) is 0 Å². The third-order valence-corrected chi connectivity index (χ3v) is 2.65. The van der Waals surface area contributed by atoms with Crippen LogP contribution in [-0.4, -0.2) is 6.36 Å². The molecule has 2 N–H and O–H groups in total. The number of nitrogens with two attached hydrogens (primary N) is 1. The number of alkyl halides is 5. The van der Waals surface area contributed by atoms with Crippen LogP contribution in [-0.2, 0) is 0 Å². The van der Waals surface area contributed by atoms with Gasteiger partial charge in [-0.05, 0) is 41.5 Å². The van der Waals surface area contributed by atoms with E-state index in [0.29, 0.717) is 11.1 Å². The van der Waals surface area contributed by atoms with Crippen molar-refractivity contribution in [1.82, 2.24) is 0 Å². The molecule has 2 aromatic rings. The van der Waals surface area contributed by atoms with E-state index in [1.807, 2.05) is 0 Å². The highest BCUT2D eigenvalue weighted by Gasteiger charge is 2.30. The Kier molecular flexibility index (Phi) is 4.02. The third-order valence-electron chi connectivity index (χ3n) is 2.65. The van der Waals surface area contributed by atoms with Crippen molar-refractivity contribution in [3.05, 3.63) is 48.0 Å². The van der Waals surface area contributed by atoms with Crippen molar-refractivity contribution >= 4 is 5.69 Å². The number of anilines is 1. The Morgan fingerprint density at radius 3 is 2.05 bits per heavy atom. The fourth-order valence-corrected chi connectivity index (χ4v) is 1.82. The SMILES string of the molecule is Nc1cc(-c2ccc(OC(F)(F)F)cc2)cc(C(F)F)c1. The summed E-state index contributed by atoms with van der Waals surface area (Å²) in [6.07, 6.45) is -7.46. The van der Waals surface area contributed by atoms with Crippen molar-refractivity contribution in [2.24, 2.45) is 0 Å². The molecule has 0 aliphatic rings. The Labute approximate surface area is 116 Å². The second kappa shape index (κ2) is 5.59. The number of hydrogen-bond donors (Lipinski definition) is 1. The molecule has 0 heterocycles. The first-order valence-electron chi connectivity index (χ1n) is 5.79. The minimum Gasteiger partial charge on any atom is -0.406 e. The van der Waals surface area contributed by atoms with Crippen LogP contribution in [0.5, 0.6) is 5.75 Å². The molecule has 0 aliphatic carbocycles. The van der Waals surface area contributed by atoms with Crippen LogP contribution >= 0.6 is 0 Å². The first kappa shape index (κ1) is 15.1. The van der Waals surface area contributed by atoms with Crippen LogP contribution in [0.3, 0.4) is 0 Å². The average Bonchev–Trinajstić information content (AvgIpc) is 2.37. The largest absolute Gasteiger partial charge is 0.573 e. The molecule has 2 rings (SSSR count). The van der Waals surface area contributed by atoms with E-state index < -0.39 is 12.8 Å². The minimum absolute atomic E-state index is 0.151. The van der Waals surface area contributed by atoms with Crippen LogP contribution in [0.4, 0.5) is 27.6 Å². The molecule has 0 spiro atoms. The molecule has 0 bridgehead atoms. The molecule has 0 aliphatic heterocycles. The molecule has 2 nitrogen and oxygen atoms in total. The zero-order valence-electron chi connectivity index (χ0n) is 10.5. The Morgan fingerprint density at radius 1 is 0.905 bits per heavy atom. The summed E-state index contributed by atoms with van der Waals surface area (Å²) in [5, 5.41) is 0. The van der Waals surface area contributed by atoms with E-state index in [1.165, 1.54) is 24.3 Å². The summed E-state index contributed by atoms with van der Waals surface area (Å²) >= 11 is 0. The summed E-state index contributed by atoms with van der Waals surface area (Å²) in [4.78, 5) is 0. The number of halogens is 5. The number of nitrogen functional groups attached to an aromatic ring is 1. The summed E-state index contributed by atoms with van der Waals surface area (Å²) in [5.41, 5.74) is 6.29. The van der Waals surface area contributed by atoms with Gasteiger partial charge in [0.1, 0.15) is 5.75 Å². The van der Waals surface area contributed by atoms with Crippen LogP contribution in [0.1, 0.15) is 12.0 Å². The normalized spacial score (nSPS) is 11.7. The first-order valence-corrected chi connectivity index (χ1v) is 5.79. The molecular formula is C14H10F5NO. The fourth-order valence-electron chi connectivity index (χ4n) is 1.82. The van der Waals surface area contributed by atoms with Crippen molar-refractivity contribution in [2.75, 3.05) is 5.73 Å². The van der Waals surface area contributed by atoms with E-state index >= 15 is 0 Å². The maximum atomic E-state index is 12.7. The molecule has 0 aromatic heterocycles. The van der Waals surface area contributed by atoms with E-state index in [0.717, 1.165) is 18.2 Å². The van der Waals surface area contributed by atoms with E-state index in [2.05, 4.69) is 4.74 Å². The lowest BCUT2D eigenvalue weighted by Crippen LogP contribution is -2.16. The van der Waals surface area contributed by atoms with Crippen molar-refractivity contribution in [1.29, 1.82) is 0 Å². The quantitative estimate of drug-likeness (QED) is 0.654. The van der Waals surface area contributed by atoms with E-state index in [-0.39, 0.29) is 17.0 Å². The van der Waals surface area contributed by atoms with Gasteiger partial charge in [0.2, 0.25) is 0 Å². The van der Waals surface area contributed by atoms with Gasteiger partial charge in [-0.25, -0.2) is 8.78 Å². The molecule has 0 saturated heterocycles. The summed E-state index contributed by atoms with van der Waals surface area (Å²) < 4.78 is 65.2. The van der Waals surface area contributed by atoms with Gasteiger partial charge >= 0.3 is 6.36 Å². The Balaban J connectivity index is 2.30. The molecule has 21 heavy (non-hydrogen) atoms.